The smallest absolute Gasteiger partial charge is 0.275 e. The number of nitrogens with one attached hydrogen (secondary N) is 1. The summed E-state index contributed by atoms with van der Waals surface area (Å²) in [6.07, 6.45) is 5.65. The maximum atomic E-state index is 15.2. The Bertz CT molecular complexity index is 1350. The van der Waals surface area contributed by atoms with E-state index in [1.54, 1.807) is 6.92 Å². The molecule has 0 spiro atoms. The van der Waals surface area contributed by atoms with Crippen LogP contribution in [0.1, 0.15) is 36.3 Å². The summed E-state index contributed by atoms with van der Waals surface area (Å²) in [5.74, 6) is -0.741. The molecule has 5 rings (SSSR count). The number of amides is 1. The lowest BCUT2D eigenvalue weighted by molar-refractivity contribution is 0.0995. The summed E-state index contributed by atoms with van der Waals surface area (Å²) in [5, 5.41) is 16.4. The van der Waals surface area contributed by atoms with Gasteiger partial charge in [0.25, 0.3) is 5.91 Å². The predicted octanol–water partition coefficient (Wildman–Crippen LogP) is 1.97. The standard InChI is InChI=1S/C23H22FN9O2/c1-13-16-6-22(2,9-25)21(26)32-23(16,10-35-13)15-5-14(3-4-17(15)24)31-20(34)18-7-29-19(8-28-18)33-12-27-11-30-33/h3-5,7-8,11-13,16H,6,10H2,1-2H3,(H2,26,32)(H,31,34)/t13-,16-,22+,23-/m0/s1. The first-order valence-electron chi connectivity index (χ1n) is 10.9. The van der Waals surface area contributed by atoms with Gasteiger partial charge in [-0.25, -0.2) is 24.0 Å². The van der Waals surface area contributed by atoms with Gasteiger partial charge >= 0.3 is 0 Å². The van der Waals surface area contributed by atoms with Crippen molar-refractivity contribution in [3.05, 3.63) is 60.3 Å². The molecule has 4 atom stereocenters. The highest BCUT2D eigenvalue weighted by Gasteiger charge is 2.57. The van der Waals surface area contributed by atoms with Gasteiger partial charge in [-0.3, -0.25) is 9.79 Å². The number of aliphatic imine (C=N–C) groups is 1. The van der Waals surface area contributed by atoms with E-state index in [0.717, 1.165) is 0 Å². The summed E-state index contributed by atoms with van der Waals surface area (Å²) in [6.45, 7) is 3.72. The predicted molar refractivity (Wildman–Crippen MR) is 122 cm³/mol. The third kappa shape index (κ3) is 3.70. The van der Waals surface area contributed by atoms with Crippen molar-refractivity contribution < 1.29 is 13.9 Å². The first-order valence-corrected chi connectivity index (χ1v) is 10.9. The highest BCUT2D eigenvalue weighted by Crippen LogP contribution is 2.52. The fourth-order valence-corrected chi connectivity index (χ4v) is 4.66. The molecule has 1 amide bonds. The van der Waals surface area contributed by atoms with E-state index in [1.807, 2.05) is 6.92 Å². The van der Waals surface area contributed by atoms with E-state index in [4.69, 9.17) is 10.5 Å². The molecule has 0 aliphatic carbocycles. The fraction of sp³-hybridized carbons (Fsp3) is 0.348. The zero-order valence-corrected chi connectivity index (χ0v) is 19.0. The summed E-state index contributed by atoms with van der Waals surface area (Å²) in [5.41, 5.74) is 4.81. The second-order valence-electron chi connectivity index (χ2n) is 8.94. The maximum Gasteiger partial charge on any atom is 0.275 e. The molecule has 1 saturated heterocycles. The number of fused-ring (bicyclic) bond motifs is 1. The van der Waals surface area contributed by atoms with Gasteiger partial charge in [0.1, 0.15) is 41.0 Å². The third-order valence-corrected chi connectivity index (χ3v) is 6.72. The van der Waals surface area contributed by atoms with E-state index in [0.29, 0.717) is 17.9 Å². The van der Waals surface area contributed by atoms with Crippen LogP contribution >= 0.6 is 0 Å². The molecule has 0 bridgehead atoms. The number of hydrogen-bond donors (Lipinski definition) is 2. The molecule has 0 radical (unpaired) electrons. The lowest BCUT2D eigenvalue weighted by Crippen LogP contribution is -2.49. The van der Waals surface area contributed by atoms with Crippen LogP contribution in [0.2, 0.25) is 0 Å². The number of halogens is 1. The molecule has 0 unspecified atom stereocenters. The Morgan fingerprint density at radius 3 is 2.89 bits per heavy atom. The molecule has 35 heavy (non-hydrogen) atoms. The molecule has 1 fully saturated rings. The quantitative estimate of drug-likeness (QED) is 0.580. The average Bonchev–Trinajstić information content (AvgIpc) is 3.50. The number of benzene rings is 1. The number of amidine groups is 1. The Hall–Kier alpha value is -4.24. The molecular formula is C23H22FN9O2. The number of nitriles is 1. The summed E-state index contributed by atoms with van der Waals surface area (Å²) in [6, 6.07) is 6.48. The molecule has 2 aliphatic rings. The third-order valence-electron chi connectivity index (χ3n) is 6.72. The van der Waals surface area contributed by atoms with Crippen LogP contribution in [0, 0.1) is 28.5 Å². The van der Waals surface area contributed by atoms with Gasteiger partial charge in [-0.2, -0.15) is 10.4 Å². The van der Waals surface area contributed by atoms with Crippen LogP contribution in [0.5, 0.6) is 0 Å². The van der Waals surface area contributed by atoms with Crippen molar-refractivity contribution in [1.29, 1.82) is 5.26 Å². The molecule has 11 nitrogen and oxygen atoms in total. The first kappa shape index (κ1) is 22.5. The van der Waals surface area contributed by atoms with Gasteiger partial charge < -0.3 is 15.8 Å². The highest BCUT2D eigenvalue weighted by atomic mass is 19.1. The number of rotatable bonds is 4. The number of carbonyl (C=O) groups is 1. The first-order chi connectivity index (χ1) is 16.8. The molecule has 178 valence electrons. The summed E-state index contributed by atoms with van der Waals surface area (Å²) < 4.78 is 22.5. The van der Waals surface area contributed by atoms with E-state index in [2.05, 4.69) is 36.4 Å². The monoisotopic (exact) mass is 475 g/mol. The normalized spacial score (nSPS) is 27.5. The van der Waals surface area contributed by atoms with Crippen molar-refractivity contribution in [1.82, 2.24) is 24.7 Å². The number of nitrogens with two attached hydrogens (primary N) is 1. The van der Waals surface area contributed by atoms with Gasteiger partial charge in [0.15, 0.2) is 5.82 Å². The molecule has 2 aliphatic heterocycles. The zero-order valence-electron chi connectivity index (χ0n) is 19.0. The second-order valence-corrected chi connectivity index (χ2v) is 8.94. The number of anilines is 1. The minimum absolute atomic E-state index is 0.0679. The number of aromatic nitrogens is 5. The van der Waals surface area contributed by atoms with E-state index in [-0.39, 0.29) is 35.7 Å². The minimum Gasteiger partial charge on any atom is -0.386 e. The molecular weight excluding hydrogens is 453 g/mol. The molecule has 1 aromatic carbocycles. The van der Waals surface area contributed by atoms with E-state index >= 15 is 4.39 Å². The Morgan fingerprint density at radius 2 is 2.20 bits per heavy atom. The Labute approximate surface area is 199 Å². The van der Waals surface area contributed by atoms with Crippen molar-refractivity contribution in [2.75, 3.05) is 11.9 Å². The van der Waals surface area contributed by atoms with Crippen molar-refractivity contribution in [2.45, 2.75) is 31.9 Å². The molecule has 3 N–H and O–H groups in total. The van der Waals surface area contributed by atoms with Crippen LogP contribution in [0.15, 0.2) is 48.2 Å². The van der Waals surface area contributed by atoms with Crippen LogP contribution in [0.3, 0.4) is 0 Å². The molecule has 12 heteroatoms. The topological polar surface area (TPSA) is 157 Å². The van der Waals surface area contributed by atoms with Crippen LogP contribution in [-0.4, -0.2) is 49.2 Å². The molecule has 2 aromatic heterocycles. The number of hydrogen-bond acceptors (Lipinski definition) is 9. The Kier molecular flexibility index (Phi) is 5.29. The lowest BCUT2D eigenvalue weighted by atomic mass is 9.67. The van der Waals surface area contributed by atoms with Gasteiger partial charge in [-0.05, 0) is 38.5 Å². The Morgan fingerprint density at radius 1 is 1.37 bits per heavy atom. The number of ether oxygens (including phenoxy) is 1. The van der Waals surface area contributed by atoms with E-state index < -0.39 is 22.7 Å². The van der Waals surface area contributed by atoms with Crippen molar-refractivity contribution >= 4 is 17.4 Å². The summed E-state index contributed by atoms with van der Waals surface area (Å²) >= 11 is 0. The fourth-order valence-electron chi connectivity index (χ4n) is 4.66. The van der Waals surface area contributed by atoms with Gasteiger partial charge in [0.2, 0.25) is 0 Å². The SMILES string of the molecule is C[C@@H]1OC[C@@]2(c3cc(NC(=O)c4cnc(-n5cncn5)cn4)ccc3F)N=C(N)[C@@](C)(C#N)C[C@@H]12. The van der Waals surface area contributed by atoms with Crippen LogP contribution in [0.4, 0.5) is 10.1 Å². The second kappa shape index (κ2) is 8.21. The van der Waals surface area contributed by atoms with E-state index in [9.17, 15) is 10.1 Å². The van der Waals surface area contributed by atoms with Crippen LogP contribution in [-0.2, 0) is 10.3 Å². The van der Waals surface area contributed by atoms with Crippen molar-refractivity contribution in [3.63, 3.8) is 0 Å². The highest BCUT2D eigenvalue weighted by molar-refractivity contribution is 6.02. The average molecular weight is 475 g/mol. The van der Waals surface area contributed by atoms with Crippen LogP contribution in [0.25, 0.3) is 5.82 Å². The van der Waals surface area contributed by atoms with Gasteiger partial charge in [0.05, 0.1) is 31.2 Å². The lowest BCUT2D eigenvalue weighted by Gasteiger charge is -2.41. The van der Waals surface area contributed by atoms with Crippen LogP contribution < -0.4 is 11.1 Å². The van der Waals surface area contributed by atoms with Crippen molar-refractivity contribution in [2.24, 2.45) is 22.1 Å². The molecule has 4 heterocycles. The molecule has 3 aromatic rings. The molecule has 0 saturated carbocycles. The Balaban J connectivity index is 1.45. The van der Waals surface area contributed by atoms with Crippen molar-refractivity contribution in [3.8, 4) is 11.9 Å². The number of carbonyl (C=O) groups excluding carboxylic acids is 1. The van der Waals surface area contributed by atoms with E-state index in [1.165, 1.54) is 47.9 Å². The number of nitrogens with zero attached hydrogens (tertiary/aromatic N) is 7. The maximum absolute atomic E-state index is 15.2. The summed E-state index contributed by atoms with van der Waals surface area (Å²) in [4.78, 5) is 29.6. The zero-order chi connectivity index (χ0) is 24.8. The summed E-state index contributed by atoms with van der Waals surface area (Å²) in [7, 11) is 0. The minimum atomic E-state index is -1.09. The van der Waals surface area contributed by atoms with Gasteiger partial charge in [-0.1, -0.05) is 0 Å². The largest absolute Gasteiger partial charge is 0.386 e. The van der Waals surface area contributed by atoms with Gasteiger partial charge in [-0.15, -0.1) is 0 Å². The van der Waals surface area contributed by atoms with Gasteiger partial charge in [0, 0.05) is 17.2 Å².